The van der Waals surface area contributed by atoms with Gasteiger partial charge in [0.05, 0.1) is 11.4 Å². The molecule has 0 spiro atoms. The van der Waals surface area contributed by atoms with Crippen molar-refractivity contribution in [2.24, 2.45) is 0 Å². The zero-order valence-corrected chi connectivity index (χ0v) is 19.6. The van der Waals surface area contributed by atoms with E-state index in [0.717, 1.165) is 35.6 Å². The number of benzene rings is 2. The molecule has 4 aromatic rings. The second kappa shape index (κ2) is 8.31. The largest absolute Gasteiger partial charge is 0.370 e. The van der Waals surface area contributed by atoms with E-state index in [0.29, 0.717) is 18.4 Å². The summed E-state index contributed by atoms with van der Waals surface area (Å²) < 4.78 is 17.4. The Hall–Kier alpha value is -3.17. The van der Waals surface area contributed by atoms with Gasteiger partial charge in [0.2, 0.25) is 5.82 Å². The van der Waals surface area contributed by atoms with Crippen LogP contribution in [0.5, 0.6) is 0 Å². The number of tetrazole rings is 1. The van der Waals surface area contributed by atoms with Crippen LogP contribution < -0.4 is 4.90 Å². The first-order valence-corrected chi connectivity index (χ1v) is 10.9. The molecule has 1 fully saturated rings. The molecule has 4 heterocycles. The number of aromatic nitrogens is 5. The third kappa shape index (κ3) is 3.71. The zero-order valence-electron chi connectivity index (χ0n) is 18.6. The standard InChI is InChI=1S/C24H24FN7.H2S/c1-29(2)21-9-10-30(15-21)20-7-8-22-18(11-20)14-31-13-17(16-3-5-19(25)6-4-16)12-23(31)24-26-27-28-32(22)24;/h3-8,11-13,21H,9-10,14-15H2,1-2H3;1H2/t21-;/m0./s1. The molecular formula is C24H26FN7S. The molecule has 0 aliphatic carbocycles. The van der Waals surface area contributed by atoms with E-state index in [1.54, 1.807) is 12.1 Å². The lowest BCUT2D eigenvalue weighted by Crippen LogP contribution is -2.31. The van der Waals surface area contributed by atoms with Crippen molar-refractivity contribution in [1.29, 1.82) is 0 Å². The third-order valence-electron chi connectivity index (χ3n) is 6.66. The molecule has 1 saturated heterocycles. The number of rotatable bonds is 3. The molecule has 7 nitrogen and oxygen atoms in total. The van der Waals surface area contributed by atoms with Gasteiger partial charge in [0.1, 0.15) is 5.82 Å². The summed E-state index contributed by atoms with van der Waals surface area (Å²) in [6, 6.07) is 15.8. The molecule has 1 atom stereocenters. The highest BCUT2D eigenvalue weighted by molar-refractivity contribution is 7.59. The summed E-state index contributed by atoms with van der Waals surface area (Å²) in [5.74, 6) is 0.469. The number of likely N-dealkylation sites (N-methyl/N-ethyl adjacent to an activating group) is 1. The highest BCUT2D eigenvalue weighted by Gasteiger charge is 2.27. The Balaban J connectivity index is 0.00000228. The number of hydrogen-bond donors (Lipinski definition) is 0. The van der Waals surface area contributed by atoms with E-state index in [2.05, 4.69) is 74.5 Å². The van der Waals surface area contributed by atoms with E-state index in [1.807, 2.05) is 4.68 Å². The van der Waals surface area contributed by atoms with Crippen molar-refractivity contribution >= 4 is 19.2 Å². The van der Waals surface area contributed by atoms with Crippen LogP contribution in [-0.4, -0.2) is 62.9 Å². The van der Waals surface area contributed by atoms with Crippen LogP contribution >= 0.6 is 13.5 Å². The summed E-state index contributed by atoms with van der Waals surface area (Å²) in [6.45, 7) is 2.79. The van der Waals surface area contributed by atoms with E-state index in [-0.39, 0.29) is 19.3 Å². The van der Waals surface area contributed by atoms with Crippen molar-refractivity contribution in [3.63, 3.8) is 0 Å². The van der Waals surface area contributed by atoms with E-state index in [9.17, 15) is 4.39 Å². The summed E-state index contributed by atoms with van der Waals surface area (Å²) in [7, 11) is 4.30. The maximum absolute atomic E-state index is 13.4. The van der Waals surface area contributed by atoms with Gasteiger partial charge in [-0.2, -0.15) is 18.2 Å². The van der Waals surface area contributed by atoms with Crippen molar-refractivity contribution in [2.45, 2.75) is 19.0 Å². The molecular weight excluding hydrogens is 437 g/mol. The summed E-state index contributed by atoms with van der Waals surface area (Å²) in [6.07, 6.45) is 3.27. The number of hydrogen-bond acceptors (Lipinski definition) is 5. The second-order valence-corrected chi connectivity index (χ2v) is 8.83. The fourth-order valence-electron chi connectivity index (χ4n) is 4.82. The Morgan fingerprint density at radius 1 is 1.03 bits per heavy atom. The topological polar surface area (TPSA) is 55.0 Å². The average Bonchev–Trinajstić information content (AvgIpc) is 3.53. The third-order valence-corrected chi connectivity index (χ3v) is 6.66. The highest BCUT2D eigenvalue weighted by Crippen LogP contribution is 2.35. The minimum absolute atomic E-state index is 0. The lowest BCUT2D eigenvalue weighted by atomic mass is 10.1. The van der Waals surface area contributed by atoms with Crippen molar-refractivity contribution in [2.75, 3.05) is 32.1 Å². The molecule has 0 amide bonds. The first kappa shape index (κ1) is 21.7. The van der Waals surface area contributed by atoms with Crippen molar-refractivity contribution in [3.8, 4) is 28.3 Å². The molecule has 0 N–H and O–H groups in total. The van der Waals surface area contributed by atoms with Crippen LogP contribution in [0.3, 0.4) is 0 Å². The van der Waals surface area contributed by atoms with Crippen LogP contribution in [0.25, 0.3) is 28.3 Å². The van der Waals surface area contributed by atoms with Gasteiger partial charge in [-0.15, -0.1) is 5.10 Å². The van der Waals surface area contributed by atoms with Gasteiger partial charge in [0.15, 0.2) is 0 Å². The van der Waals surface area contributed by atoms with Crippen LogP contribution in [-0.2, 0) is 6.54 Å². The summed E-state index contributed by atoms with van der Waals surface area (Å²) in [5.41, 5.74) is 6.33. The van der Waals surface area contributed by atoms with Gasteiger partial charge < -0.3 is 14.4 Å². The van der Waals surface area contributed by atoms with Crippen molar-refractivity contribution in [1.82, 2.24) is 29.7 Å². The normalized spacial score (nSPS) is 16.7. The van der Waals surface area contributed by atoms with Gasteiger partial charge >= 0.3 is 0 Å². The molecule has 0 saturated carbocycles. The zero-order chi connectivity index (χ0) is 21.8. The summed E-state index contributed by atoms with van der Waals surface area (Å²) in [4.78, 5) is 4.76. The summed E-state index contributed by atoms with van der Waals surface area (Å²) >= 11 is 0. The van der Waals surface area contributed by atoms with Crippen molar-refractivity contribution in [3.05, 3.63) is 66.1 Å². The van der Waals surface area contributed by atoms with Crippen LogP contribution in [0.1, 0.15) is 12.0 Å². The SMILES string of the molecule is CN(C)[C@H]1CCN(c2ccc3c(c2)Cn2cc(-c4ccc(F)cc4)cc2-c2nnnn2-3)C1.S. The number of fused-ring (bicyclic) bond motifs is 5. The highest BCUT2D eigenvalue weighted by atomic mass is 32.1. The molecule has 170 valence electrons. The van der Waals surface area contributed by atoms with E-state index < -0.39 is 0 Å². The van der Waals surface area contributed by atoms with Crippen LogP contribution in [0.4, 0.5) is 10.1 Å². The minimum atomic E-state index is -0.238. The fraction of sp³-hybridized carbons (Fsp3) is 0.292. The van der Waals surface area contributed by atoms with E-state index in [1.165, 1.54) is 29.8 Å². The van der Waals surface area contributed by atoms with E-state index in [4.69, 9.17) is 0 Å². The van der Waals surface area contributed by atoms with Gasteiger partial charge in [-0.25, -0.2) is 4.39 Å². The number of halogens is 1. The fourth-order valence-corrected chi connectivity index (χ4v) is 4.82. The molecule has 2 aromatic carbocycles. The van der Waals surface area contributed by atoms with Crippen LogP contribution in [0.15, 0.2) is 54.7 Å². The quantitative estimate of drug-likeness (QED) is 0.410. The molecule has 0 bridgehead atoms. The molecule has 2 aliphatic heterocycles. The smallest absolute Gasteiger partial charge is 0.203 e. The second-order valence-electron chi connectivity index (χ2n) is 8.83. The first-order valence-electron chi connectivity index (χ1n) is 10.9. The van der Waals surface area contributed by atoms with Crippen LogP contribution in [0, 0.1) is 5.82 Å². The monoisotopic (exact) mass is 463 g/mol. The van der Waals surface area contributed by atoms with Gasteiger partial charge in [-0.05, 0) is 78.5 Å². The molecule has 2 aromatic heterocycles. The Morgan fingerprint density at radius 3 is 2.61 bits per heavy atom. The van der Waals surface area contributed by atoms with Gasteiger partial charge in [-0.1, -0.05) is 12.1 Å². The average molecular weight is 464 g/mol. The summed E-state index contributed by atoms with van der Waals surface area (Å²) in [5, 5.41) is 12.5. The van der Waals surface area contributed by atoms with Gasteiger partial charge in [0, 0.05) is 43.1 Å². The first-order chi connectivity index (χ1) is 15.6. The van der Waals surface area contributed by atoms with Gasteiger partial charge in [0.25, 0.3) is 0 Å². The lowest BCUT2D eigenvalue weighted by molar-refractivity contribution is 0.315. The molecule has 2 aliphatic rings. The number of anilines is 1. The Bertz CT molecular complexity index is 1290. The van der Waals surface area contributed by atoms with Crippen LogP contribution in [0.2, 0.25) is 0 Å². The maximum Gasteiger partial charge on any atom is 0.203 e. The molecule has 0 radical (unpaired) electrons. The molecule has 33 heavy (non-hydrogen) atoms. The molecule has 6 rings (SSSR count). The van der Waals surface area contributed by atoms with Gasteiger partial charge in [-0.3, -0.25) is 0 Å². The maximum atomic E-state index is 13.4. The Labute approximate surface area is 198 Å². The molecule has 0 unspecified atom stereocenters. The lowest BCUT2D eigenvalue weighted by Gasteiger charge is -2.23. The van der Waals surface area contributed by atoms with E-state index >= 15 is 0 Å². The predicted octanol–water partition coefficient (Wildman–Crippen LogP) is 3.55. The Kier molecular flexibility index (Phi) is 5.46. The Morgan fingerprint density at radius 2 is 1.85 bits per heavy atom. The predicted molar refractivity (Wildman–Crippen MR) is 132 cm³/mol. The number of nitrogens with zero attached hydrogens (tertiary/aromatic N) is 7. The van der Waals surface area contributed by atoms with Crippen molar-refractivity contribution < 1.29 is 4.39 Å². The minimum Gasteiger partial charge on any atom is -0.370 e. The molecule has 9 heteroatoms.